The van der Waals surface area contributed by atoms with Crippen LogP contribution in [-0.4, -0.2) is 16.6 Å². The number of benzene rings is 1. The highest BCUT2D eigenvalue weighted by atomic mass is 35.5. The second-order valence-electron chi connectivity index (χ2n) is 5.54. The van der Waals surface area contributed by atoms with Gasteiger partial charge in [-0.1, -0.05) is 49.0 Å². The number of halogens is 2. The van der Waals surface area contributed by atoms with Crippen LogP contribution in [0.5, 0.6) is 5.75 Å². The van der Waals surface area contributed by atoms with Crippen molar-refractivity contribution in [2.75, 3.05) is 6.61 Å². The van der Waals surface area contributed by atoms with E-state index in [1.54, 1.807) is 12.1 Å². The Morgan fingerprint density at radius 1 is 1.33 bits per heavy atom. The number of nitrogens with zero attached hydrogens (tertiary/aromatic N) is 1. The number of rotatable bonds is 4. The quantitative estimate of drug-likeness (QED) is 0.809. The summed E-state index contributed by atoms with van der Waals surface area (Å²) in [5.41, 5.74) is 1.54. The summed E-state index contributed by atoms with van der Waals surface area (Å²) in [6.07, 6.45) is 8.01. The molecule has 1 N–H and O–H groups in total. The third-order valence-corrected chi connectivity index (χ3v) is 4.80. The summed E-state index contributed by atoms with van der Waals surface area (Å²) in [5, 5.41) is 0.907. The van der Waals surface area contributed by atoms with Gasteiger partial charge in [-0.3, -0.25) is 0 Å². The normalized spacial score (nSPS) is 16.3. The fraction of sp³-hybridized carbons (Fsp3) is 0.438. The van der Waals surface area contributed by atoms with Crippen LogP contribution in [0, 0.1) is 5.92 Å². The van der Waals surface area contributed by atoms with Crippen molar-refractivity contribution in [1.29, 1.82) is 0 Å². The molecule has 1 aromatic heterocycles. The van der Waals surface area contributed by atoms with E-state index < -0.39 is 0 Å². The van der Waals surface area contributed by atoms with Gasteiger partial charge in [0.2, 0.25) is 0 Å². The zero-order valence-corrected chi connectivity index (χ0v) is 13.3. The molecule has 0 unspecified atom stereocenters. The van der Waals surface area contributed by atoms with Gasteiger partial charge in [0.1, 0.15) is 16.4 Å². The van der Waals surface area contributed by atoms with Gasteiger partial charge in [0.15, 0.2) is 5.75 Å². The number of ether oxygens (including phenoxy) is 1. The second kappa shape index (κ2) is 6.29. The molecule has 0 bridgehead atoms. The van der Waals surface area contributed by atoms with Gasteiger partial charge in [0.25, 0.3) is 0 Å². The van der Waals surface area contributed by atoms with E-state index in [1.807, 2.05) is 0 Å². The van der Waals surface area contributed by atoms with Crippen molar-refractivity contribution < 1.29 is 4.74 Å². The molecular formula is C16H18Cl2N2O. The van der Waals surface area contributed by atoms with Crippen molar-refractivity contribution >= 4 is 40.3 Å². The fourth-order valence-corrected chi connectivity index (χ4v) is 3.26. The van der Waals surface area contributed by atoms with Crippen LogP contribution in [0.15, 0.2) is 12.6 Å². The molecule has 0 atom stereocenters. The molecule has 5 heteroatoms. The number of aromatic nitrogens is 2. The van der Waals surface area contributed by atoms with Crippen molar-refractivity contribution in [3.63, 3.8) is 0 Å². The van der Waals surface area contributed by atoms with Crippen LogP contribution in [0.25, 0.3) is 17.1 Å². The Balaban J connectivity index is 1.89. The smallest absolute Gasteiger partial charge is 0.167 e. The maximum Gasteiger partial charge on any atom is 0.167 e. The monoisotopic (exact) mass is 324 g/mol. The predicted octanol–water partition coefficient (Wildman–Crippen LogP) is 5.47. The SMILES string of the molecule is C=Cc1nc2c(OCC3CCCCC3)c(Cl)c(Cl)cc2[nH]1. The Kier molecular flexibility index (Phi) is 4.41. The van der Waals surface area contributed by atoms with Gasteiger partial charge in [0.05, 0.1) is 17.1 Å². The summed E-state index contributed by atoms with van der Waals surface area (Å²) in [6, 6.07) is 1.77. The van der Waals surface area contributed by atoms with Gasteiger partial charge in [-0.05, 0) is 30.9 Å². The zero-order chi connectivity index (χ0) is 14.8. The number of aromatic amines is 1. The summed E-state index contributed by atoms with van der Waals surface area (Å²) in [5.74, 6) is 1.86. The molecule has 1 aromatic carbocycles. The van der Waals surface area contributed by atoms with Gasteiger partial charge in [-0.2, -0.15) is 0 Å². The van der Waals surface area contributed by atoms with E-state index in [-0.39, 0.29) is 0 Å². The van der Waals surface area contributed by atoms with Gasteiger partial charge in [0, 0.05) is 0 Å². The molecule has 3 nitrogen and oxygen atoms in total. The molecule has 3 rings (SSSR count). The van der Waals surface area contributed by atoms with Crippen molar-refractivity contribution in [2.45, 2.75) is 32.1 Å². The molecule has 0 aliphatic heterocycles. The van der Waals surface area contributed by atoms with E-state index in [4.69, 9.17) is 27.9 Å². The Morgan fingerprint density at radius 2 is 2.10 bits per heavy atom. The maximum atomic E-state index is 6.31. The zero-order valence-electron chi connectivity index (χ0n) is 11.8. The molecular weight excluding hydrogens is 307 g/mol. The average molecular weight is 325 g/mol. The van der Waals surface area contributed by atoms with Crippen molar-refractivity contribution in [1.82, 2.24) is 9.97 Å². The van der Waals surface area contributed by atoms with Crippen LogP contribution in [0.3, 0.4) is 0 Å². The number of H-pyrrole nitrogens is 1. The van der Waals surface area contributed by atoms with E-state index in [1.165, 1.54) is 32.1 Å². The van der Waals surface area contributed by atoms with Crippen molar-refractivity contribution in [2.24, 2.45) is 5.92 Å². The summed E-state index contributed by atoms with van der Waals surface area (Å²) in [4.78, 5) is 7.59. The van der Waals surface area contributed by atoms with E-state index in [0.29, 0.717) is 34.1 Å². The predicted molar refractivity (Wildman–Crippen MR) is 88.3 cm³/mol. The Hall–Kier alpha value is -1.19. The first-order chi connectivity index (χ1) is 10.2. The third-order valence-electron chi connectivity index (χ3n) is 4.03. The molecule has 0 saturated heterocycles. The molecule has 21 heavy (non-hydrogen) atoms. The first-order valence-electron chi connectivity index (χ1n) is 7.32. The first-order valence-corrected chi connectivity index (χ1v) is 8.07. The van der Waals surface area contributed by atoms with Crippen LogP contribution >= 0.6 is 23.2 Å². The van der Waals surface area contributed by atoms with E-state index in [9.17, 15) is 0 Å². The molecule has 1 heterocycles. The topological polar surface area (TPSA) is 37.9 Å². The number of fused-ring (bicyclic) bond motifs is 1. The van der Waals surface area contributed by atoms with Gasteiger partial charge >= 0.3 is 0 Å². The lowest BCUT2D eigenvalue weighted by atomic mass is 9.90. The molecule has 0 radical (unpaired) electrons. The Bertz CT molecular complexity index is 660. The highest BCUT2D eigenvalue weighted by Crippen LogP contribution is 2.39. The largest absolute Gasteiger partial charge is 0.489 e. The standard InChI is InChI=1S/C16H18Cl2N2O/c1-2-13-19-12-8-11(17)14(18)16(15(12)20-13)21-9-10-6-4-3-5-7-10/h2,8,10H,1,3-7,9H2,(H,19,20). The Morgan fingerprint density at radius 3 is 2.81 bits per heavy atom. The van der Waals surface area contributed by atoms with Crippen molar-refractivity contribution in [3.05, 3.63) is 28.5 Å². The molecule has 1 fully saturated rings. The minimum Gasteiger partial charge on any atom is -0.489 e. The minimum atomic E-state index is 0.432. The lowest BCUT2D eigenvalue weighted by Gasteiger charge is -2.22. The Labute approximate surface area is 134 Å². The minimum absolute atomic E-state index is 0.432. The molecule has 1 aliphatic carbocycles. The van der Waals surface area contributed by atoms with Crippen LogP contribution in [0.2, 0.25) is 10.0 Å². The maximum absolute atomic E-state index is 6.31. The van der Waals surface area contributed by atoms with Crippen LogP contribution < -0.4 is 4.74 Å². The molecule has 0 amide bonds. The van der Waals surface area contributed by atoms with Gasteiger partial charge in [-0.15, -0.1) is 0 Å². The molecule has 2 aromatic rings. The van der Waals surface area contributed by atoms with E-state index in [0.717, 1.165) is 11.0 Å². The van der Waals surface area contributed by atoms with E-state index >= 15 is 0 Å². The highest BCUT2D eigenvalue weighted by Gasteiger charge is 2.19. The van der Waals surface area contributed by atoms with Crippen LogP contribution in [-0.2, 0) is 0 Å². The summed E-state index contributed by atoms with van der Waals surface area (Å²) in [6.45, 7) is 4.39. The number of hydrogen-bond acceptors (Lipinski definition) is 2. The average Bonchev–Trinajstić information content (AvgIpc) is 2.91. The first kappa shape index (κ1) is 14.7. The van der Waals surface area contributed by atoms with Gasteiger partial charge < -0.3 is 9.72 Å². The fourth-order valence-electron chi connectivity index (χ4n) is 2.87. The van der Waals surface area contributed by atoms with Crippen LogP contribution in [0.1, 0.15) is 37.9 Å². The summed E-state index contributed by atoms with van der Waals surface area (Å²) in [7, 11) is 0. The van der Waals surface area contributed by atoms with Crippen molar-refractivity contribution in [3.8, 4) is 5.75 Å². The van der Waals surface area contributed by atoms with Crippen LogP contribution in [0.4, 0.5) is 0 Å². The molecule has 1 aliphatic rings. The van der Waals surface area contributed by atoms with Gasteiger partial charge in [-0.25, -0.2) is 4.98 Å². The molecule has 1 saturated carbocycles. The molecule has 0 spiro atoms. The number of imidazole rings is 1. The summed E-state index contributed by atoms with van der Waals surface area (Å²) < 4.78 is 6.00. The lowest BCUT2D eigenvalue weighted by Crippen LogP contribution is -2.15. The number of nitrogens with one attached hydrogen (secondary N) is 1. The second-order valence-corrected chi connectivity index (χ2v) is 6.32. The molecule has 112 valence electrons. The third kappa shape index (κ3) is 3.04. The highest BCUT2D eigenvalue weighted by molar-refractivity contribution is 6.44. The summed E-state index contributed by atoms with van der Waals surface area (Å²) >= 11 is 12.5. The number of hydrogen-bond donors (Lipinski definition) is 1. The lowest BCUT2D eigenvalue weighted by molar-refractivity contribution is 0.210. The van der Waals surface area contributed by atoms with E-state index in [2.05, 4.69) is 16.5 Å².